The monoisotopic (exact) mass is 302 g/mol. The zero-order valence-electron chi connectivity index (χ0n) is 12.6. The van der Waals surface area contributed by atoms with Crippen molar-refractivity contribution in [1.29, 1.82) is 0 Å². The maximum atomic E-state index is 12.0. The largest absolute Gasteiger partial charge is 0.465 e. The summed E-state index contributed by atoms with van der Waals surface area (Å²) in [5, 5.41) is 3.88. The molecule has 1 aliphatic rings. The fourth-order valence-electron chi connectivity index (χ4n) is 2.00. The molecule has 7 nitrogen and oxygen atoms in total. The second-order valence-electron chi connectivity index (χ2n) is 5.46. The molecule has 1 heterocycles. The van der Waals surface area contributed by atoms with Crippen LogP contribution in [-0.4, -0.2) is 23.3 Å². The first kappa shape index (κ1) is 15.6. The van der Waals surface area contributed by atoms with Crippen LogP contribution in [0.15, 0.2) is 40.5 Å². The molecule has 0 aromatic heterocycles. The number of rotatable bonds is 3. The third-order valence-electron chi connectivity index (χ3n) is 3.52. The number of nitrogens with one attached hydrogen (secondary N) is 1. The van der Waals surface area contributed by atoms with Gasteiger partial charge in [0.05, 0.1) is 0 Å². The lowest BCUT2D eigenvalue weighted by Crippen LogP contribution is -2.26. The van der Waals surface area contributed by atoms with Gasteiger partial charge in [-0.2, -0.15) is 0 Å². The number of amides is 2. The fraction of sp³-hybridized carbons (Fsp3) is 0.267. The molecule has 116 valence electrons. The summed E-state index contributed by atoms with van der Waals surface area (Å²) in [5.41, 5.74) is 14.3. The number of benzene rings is 1. The highest BCUT2D eigenvalue weighted by molar-refractivity contribution is 6.20. The summed E-state index contributed by atoms with van der Waals surface area (Å²) in [6.45, 7) is 5.32. The van der Waals surface area contributed by atoms with E-state index in [0.717, 1.165) is 0 Å². The van der Waals surface area contributed by atoms with E-state index in [1.807, 2.05) is 0 Å². The van der Waals surface area contributed by atoms with Gasteiger partial charge in [-0.25, -0.2) is 5.43 Å². The highest BCUT2D eigenvalue weighted by Crippen LogP contribution is 2.32. The molecule has 22 heavy (non-hydrogen) atoms. The number of primary amides is 1. The van der Waals surface area contributed by atoms with Crippen LogP contribution < -0.4 is 16.9 Å². The number of carbonyl (C=O) groups is 2. The van der Waals surface area contributed by atoms with E-state index in [9.17, 15) is 9.59 Å². The Morgan fingerprint density at radius 1 is 1.23 bits per heavy atom. The number of nitrogen functional groups attached to an aromatic ring is 1. The van der Waals surface area contributed by atoms with Crippen LogP contribution in [0.3, 0.4) is 0 Å². The van der Waals surface area contributed by atoms with Gasteiger partial charge in [0.2, 0.25) is 5.90 Å². The molecule has 5 N–H and O–H groups in total. The summed E-state index contributed by atoms with van der Waals surface area (Å²) in [4.78, 5) is 23.5. The topological polar surface area (TPSA) is 120 Å². The van der Waals surface area contributed by atoms with Gasteiger partial charge in [0, 0.05) is 11.3 Å². The molecule has 2 rings (SSSR count). The average molecular weight is 302 g/mol. The molecule has 1 aliphatic heterocycles. The Balaban J connectivity index is 2.21. The molecule has 0 saturated carbocycles. The van der Waals surface area contributed by atoms with Gasteiger partial charge in [0.1, 0.15) is 11.2 Å². The van der Waals surface area contributed by atoms with Crippen LogP contribution in [0.5, 0.6) is 0 Å². The molecule has 0 unspecified atom stereocenters. The van der Waals surface area contributed by atoms with Gasteiger partial charge in [0.25, 0.3) is 11.8 Å². The van der Waals surface area contributed by atoms with E-state index in [1.165, 1.54) is 0 Å². The Morgan fingerprint density at radius 2 is 1.82 bits per heavy atom. The van der Waals surface area contributed by atoms with Crippen molar-refractivity contribution in [2.24, 2.45) is 10.8 Å². The first-order valence-corrected chi connectivity index (χ1v) is 6.66. The van der Waals surface area contributed by atoms with E-state index in [-0.39, 0.29) is 11.5 Å². The van der Waals surface area contributed by atoms with Crippen LogP contribution in [0.25, 0.3) is 0 Å². The highest BCUT2D eigenvalue weighted by Gasteiger charge is 2.38. The molecular weight excluding hydrogens is 284 g/mol. The number of hydrogen-bond acceptors (Lipinski definition) is 5. The SMILES string of the molecule is CC1=C(C(N)=O)C(=NNC(=O)c2ccc(N)cc2)OC1(C)C. The lowest BCUT2D eigenvalue weighted by Gasteiger charge is -2.19. The molecule has 0 atom stereocenters. The zero-order valence-corrected chi connectivity index (χ0v) is 12.6. The van der Waals surface area contributed by atoms with E-state index < -0.39 is 17.4 Å². The van der Waals surface area contributed by atoms with Crippen molar-refractivity contribution in [3.8, 4) is 0 Å². The van der Waals surface area contributed by atoms with Gasteiger partial charge >= 0.3 is 0 Å². The van der Waals surface area contributed by atoms with Crippen molar-refractivity contribution in [2.45, 2.75) is 26.4 Å². The Morgan fingerprint density at radius 3 is 2.36 bits per heavy atom. The van der Waals surface area contributed by atoms with Crippen LogP contribution in [0.2, 0.25) is 0 Å². The van der Waals surface area contributed by atoms with Crippen LogP contribution in [0.4, 0.5) is 5.69 Å². The molecule has 0 fully saturated rings. The second kappa shape index (κ2) is 5.51. The van der Waals surface area contributed by atoms with Crippen molar-refractivity contribution >= 4 is 23.4 Å². The van der Waals surface area contributed by atoms with Crippen molar-refractivity contribution in [3.63, 3.8) is 0 Å². The standard InChI is InChI=1S/C15H18N4O3/c1-8-11(12(17)20)14(22-15(8,2)3)19-18-13(21)9-4-6-10(16)7-5-9/h4-7H,16H2,1-3H3,(H2,17,20)(H,18,21). The predicted molar refractivity (Wildman–Crippen MR) is 82.8 cm³/mol. The molecule has 0 bridgehead atoms. The maximum absolute atomic E-state index is 12.0. The van der Waals surface area contributed by atoms with Crippen LogP contribution in [0, 0.1) is 0 Å². The number of ether oxygens (including phenoxy) is 1. The van der Waals surface area contributed by atoms with Crippen molar-refractivity contribution in [3.05, 3.63) is 41.0 Å². The summed E-state index contributed by atoms with van der Waals surface area (Å²) in [5.74, 6) is -1.08. The van der Waals surface area contributed by atoms with Crippen molar-refractivity contribution in [2.75, 3.05) is 5.73 Å². The summed E-state index contributed by atoms with van der Waals surface area (Å²) < 4.78 is 5.58. The van der Waals surface area contributed by atoms with Crippen LogP contribution >= 0.6 is 0 Å². The number of anilines is 1. The van der Waals surface area contributed by atoms with Gasteiger partial charge < -0.3 is 16.2 Å². The molecule has 7 heteroatoms. The van der Waals surface area contributed by atoms with Gasteiger partial charge in [0.15, 0.2) is 0 Å². The molecule has 0 aliphatic carbocycles. The van der Waals surface area contributed by atoms with E-state index in [4.69, 9.17) is 16.2 Å². The Labute approximate surface area is 128 Å². The Bertz CT molecular complexity index is 687. The first-order valence-electron chi connectivity index (χ1n) is 6.66. The number of nitrogens with zero attached hydrogens (tertiary/aromatic N) is 1. The van der Waals surface area contributed by atoms with Crippen molar-refractivity contribution in [1.82, 2.24) is 5.43 Å². The van der Waals surface area contributed by atoms with Gasteiger partial charge in [-0.1, -0.05) is 0 Å². The van der Waals surface area contributed by atoms with Gasteiger partial charge in [-0.15, -0.1) is 5.10 Å². The number of carbonyl (C=O) groups excluding carboxylic acids is 2. The highest BCUT2D eigenvalue weighted by atomic mass is 16.5. The van der Waals surface area contributed by atoms with Crippen LogP contribution in [0.1, 0.15) is 31.1 Å². The summed E-state index contributed by atoms with van der Waals surface area (Å²) in [6.07, 6.45) is 0. The summed E-state index contributed by atoms with van der Waals surface area (Å²) >= 11 is 0. The fourth-order valence-corrected chi connectivity index (χ4v) is 2.00. The molecule has 1 aromatic carbocycles. The molecule has 1 aromatic rings. The predicted octanol–water partition coefficient (Wildman–Crippen LogP) is 0.923. The number of hydrazone groups is 1. The molecule has 0 radical (unpaired) electrons. The van der Waals surface area contributed by atoms with E-state index >= 15 is 0 Å². The lowest BCUT2D eigenvalue weighted by molar-refractivity contribution is -0.114. The van der Waals surface area contributed by atoms with E-state index in [0.29, 0.717) is 16.8 Å². The molecular formula is C15H18N4O3. The quantitative estimate of drug-likeness (QED) is 0.568. The minimum atomic E-state index is -0.699. The third-order valence-corrected chi connectivity index (χ3v) is 3.52. The number of hydrogen-bond donors (Lipinski definition) is 3. The Hall–Kier alpha value is -2.83. The van der Waals surface area contributed by atoms with Crippen LogP contribution in [-0.2, 0) is 9.53 Å². The second-order valence-corrected chi connectivity index (χ2v) is 5.46. The van der Waals surface area contributed by atoms with Crippen molar-refractivity contribution < 1.29 is 14.3 Å². The Kier molecular flexibility index (Phi) is 3.90. The minimum Gasteiger partial charge on any atom is -0.465 e. The average Bonchev–Trinajstić information content (AvgIpc) is 2.67. The first-order chi connectivity index (χ1) is 10.2. The zero-order chi connectivity index (χ0) is 16.5. The minimum absolute atomic E-state index is 0.0128. The lowest BCUT2D eigenvalue weighted by atomic mass is 9.97. The van der Waals surface area contributed by atoms with Gasteiger partial charge in [-0.3, -0.25) is 9.59 Å². The van der Waals surface area contributed by atoms with E-state index in [1.54, 1.807) is 45.0 Å². The smallest absolute Gasteiger partial charge is 0.271 e. The summed E-state index contributed by atoms with van der Waals surface area (Å²) in [7, 11) is 0. The molecule has 0 spiro atoms. The molecule has 0 saturated heterocycles. The maximum Gasteiger partial charge on any atom is 0.271 e. The molecule has 2 amide bonds. The van der Waals surface area contributed by atoms with E-state index in [2.05, 4.69) is 10.5 Å². The third kappa shape index (κ3) is 2.93. The number of nitrogens with two attached hydrogens (primary N) is 2. The van der Waals surface area contributed by atoms with Gasteiger partial charge in [-0.05, 0) is 50.6 Å². The normalized spacial score (nSPS) is 18.2. The summed E-state index contributed by atoms with van der Waals surface area (Å²) in [6, 6.07) is 6.35.